The number of nitrogens with zero attached hydrogens (tertiary/aromatic N) is 3. The highest BCUT2D eigenvalue weighted by atomic mass is 32.2. The van der Waals surface area contributed by atoms with Gasteiger partial charge in [-0.15, -0.1) is 10.2 Å². The number of thioether (sulfide) groups is 1. The second-order valence-corrected chi connectivity index (χ2v) is 6.26. The minimum absolute atomic E-state index is 0.0896. The molecule has 0 amide bonds. The number of hydrogen-bond acceptors (Lipinski definition) is 5. The Balaban J connectivity index is 1.87. The van der Waals surface area contributed by atoms with E-state index < -0.39 is 0 Å². The maximum absolute atomic E-state index is 9.11. The first-order chi connectivity index (χ1) is 11.9. The van der Waals surface area contributed by atoms with E-state index in [2.05, 4.69) is 10.2 Å². The molecule has 4 rings (SSSR count). The Morgan fingerprint density at radius 2 is 1.79 bits per heavy atom. The van der Waals surface area contributed by atoms with E-state index in [9.17, 15) is 0 Å². The van der Waals surface area contributed by atoms with Crippen LogP contribution in [0.1, 0.15) is 0 Å². The molecule has 0 bridgehead atoms. The van der Waals surface area contributed by atoms with Crippen LogP contribution in [0.3, 0.4) is 0 Å². The first kappa shape index (κ1) is 15.0. The normalized spacial score (nSPS) is 11.2. The quantitative estimate of drug-likeness (QED) is 0.562. The van der Waals surface area contributed by atoms with Gasteiger partial charge < -0.3 is 9.52 Å². The number of aromatic nitrogens is 3. The van der Waals surface area contributed by atoms with Crippen molar-refractivity contribution < 1.29 is 9.52 Å². The van der Waals surface area contributed by atoms with Crippen LogP contribution in [0.2, 0.25) is 0 Å². The van der Waals surface area contributed by atoms with Gasteiger partial charge in [-0.3, -0.25) is 4.57 Å². The molecule has 2 aromatic carbocycles. The number of fused-ring (bicyclic) bond motifs is 1. The summed E-state index contributed by atoms with van der Waals surface area (Å²) in [6, 6.07) is 19.7. The van der Waals surface area contributed by atoms with E-state index in [1.807, 2.05) is 65.2 Å². The van der Waals surface area contributed by atoms with Crippen LogP contribution in [0.5, 0.6) is 0 Å². The third-order valence-corrected chi connectivity index (χ3v) is 4.53. The summed E-state index contributed by atoms with van der Waals surface area (Å²) >= 11 is 1.46. The second kappa shape index (κ2) is 6.51. The lowest BCUT2D eigenvalue weighted by Crippen LogP contribution is -2.00. The number of benzene rings is 2. The summed E-state index contributed by atoms with van der Waals surface area (Å²) in [5.41, 5.74) is 1.78. The molecular weight excluding hydrogens is 322 g/mol. The maximum atomic E-state index is 9.11. The molecule has 0 fully saturated rings. The average molecular weight is 337 g/mol. The van der Waals surface area contributed by atoms with Gasteiger partial charge in [0, 0.05) is 16.8 Å². The molecule has 120 valence electrons. The van der Waals surface area contributed by atoms with Gasteiger partial charge in [0.2, 0.25) is 5.82 Å². The number of hydrogen-bond donors (Lipinski definition) is 1. The molecule has 2 aromatic heterocycles. The molecular formula is C18H15N3O2S. The molecule has 1 N–H and O–H groups in total. The molecule has 0 aliphatic rings. The van der Waals surface area contributed by atoms with Gasteiger partial charge in [0.15, 0.2) is 10.9 Å². The van der Waals surface area contributed by atoms with E-state index in [4.69, 9.17) is 9.52 Å². The van der Waals surface area contributed by atoms with E-state index in [-0.39, 0.29) is 6.61 Å². The minimum atomic E-state index is 0.0896. The van der Waals surface area contributed by atoms with Gasteiger partial charge in [-0.1, -0.05) is 48.2 Å². The van der Waals surface area contributed by atoms with Crippen molar-refractivity contribution in [1.82, 2.24) is 14.8 Å². The Kier molecular flexibility index (Phi) is 4.06. The molecule has 0 spiro atoms. The van der Waals surface area contributed by atoms with Crippen LogP contribution in [0.15, 0.2) is 70.2 Å². The van der Waals surface area contributed by atoms with Crippen LogP contribution in [0.25, 0.3) is 28.2 Å². The van der Waals surface area contributed by atoms with Crippen molar-refractivity contribution in [3.05, 3.63) is 60.7 Å². The molecule has 4 aromatic rings. The molecule has 0 saturated carbocycles. The van der Waals surface area contributed by atoms with E-state index >= 15 is 0 Å². The fourth-order valence-corrected chi connectivity index (χ4v) is 3.26. The Hall–Kier alpha value is -2.57. The highest BCUT2D eigenvalue weighted by molar-refractivity contribution is 7.99. The average Bonchev–Trinajstić information content (AvgIpc) is 3.24. The minimum Gasteiger partial charge on any atom is -0.453 e. The van der Waals surface area contributed by atoms with Crippen molar-refractivity contribution in [2.45, 2.75) is 5.16 Å². The van der Waals surface area contributed by atoms with Gasteiger partial charge in [-0.2, -0.15) is 0 Å². The highest BCUT2D eigenvalue weighted by Gasteiger charge is 2.19. The smallest absolute Gasteiger partial charge is 0.205 e. The van der Waals surface area contributed by atoms with E-state index in [0.717, 1.165) is 21.8 Å². The highest BCUT2D eigenvalue weighted by Crippen LogP contribution is 2.31. The summed E-state index contributed by atoms with van der Waals surface area (Å²) in [5.74, 6) is 1.88. The predicted octanol–water partition coefficient (Wildman–Crippen LogP) is 3.76. The van der Waals surface area contributed by atoms with E-state index in [1.54, 1.807) is 0 Å². The summed E-state index contributed by atoms with van der Waals surface area (Å²) in [5, 5.41) is 19.5. The molecule has 0 aliphatic heterocycles. The van der Waals surface area contributed by atoms with Gasteiger partial charge in [-0.25, -0.2) is 0 Å². The van der Waals surface area contributed by atoms with Crippen molar-refractivity contribution in [3.63, 3.8) is 0 Å². The first-order valence-corrected chi connectivity index (χ1v) is 8.59. The Bertz CT molecular complexity index is 930. The summed E-state index contributed by atoms with van der Waals surface area (Å²) in [6.45, 7) is 0.0896. The molecule has 2 heterocycles. The lowest BCUT2D eigenvalue weighted by molar-refractivity contribution is 0.322. The van der Waals surface area contributed by atoms with Crippen molar-refractivity contribution in [2.75, 3.05) is 12.4 Å². The Morgan fingerprint density at radius 3 is 2.58 bits per heavy atom. The summed E-state index contributed by atoms with van der Waals surface area (Å²) in [4.78, 5) is 0. The molecule has 0 aliphatic carbocycles. The second-order valence-electron chi connectivity index (χ2n) is 5.20. The monoisotopic (exact) mass is 337 g/mol. The number of furan rings is 1. The zero-order valence-electron chi connectivity index (χ0n) is 12.8. The van der Waals surface area contributed by atoms with Crippen molar-refractivity contribution >= 4 is 22.7 Å². The number of aliphatic hydroxyl groups excluding tert-OH is 1. The zero-order chi connectivity index (χ0) is 16.4. The molecule has 0 radical (unpaired) electrons. The van der Waals surface area contributed by atoms with Crippen LogP contribution in [-0.4, -0.2) is 32.2 Å². The van der Waals surface area contributed by atoms with Crippen LogP contribution in [0.4, 0.5) is 0 Å². The van der Waals surface area contributed by atoms with Gasteiger partial charge in [0.25, 0.3) is 0 Å². The Labute approximate surface area is 142 Å². The summed E-state index contributed by atoms with van der Waals surface area (Å²) in [6.07, 6.45) is 0. The predicted molar refractivity (Wildman–Crippen MR) is 94.4 cm³/mol. The number of rotatable bonds is 5. The molecule has 5 nitrogen and oxygen atoms in total. The van der Waals surface area contributed by atoms with Crippen molar-refractivity contribution in [2.24, 2.45) is 0 Å². The van der Waals surface area contributed by atoms with Gasteiger partial charge >= 0.3 is 0 Å². The Morgan fingerprint density at radius 1 is 1.00 bits per heavy atom. The third-order valence-electron chi connectivity index (χ3n) is 3.62. The zero-order valence-corrected chi connectivity index (χ0v) is 13.6. The fourth-order valence-electron chi connectivity index (χ4n) is 2.56. The van der Waals surface area contributed by atoms with Crippen LogP contribution >= 0.6 is 11.8 Å². The molecule has 0 atom stereocenters. The molecule has 24 heavy (non-hydrogen) atoms. The molecule has 6 heteroatoms. The topological polar surface area (TPSA) is 64.1 Å². The van der Waals surface area contributed by atoms with Crippen molar-refractivity contribution in [3.8, 4) is 17.3 Å². The number of para-hydroxylation sites is 2. The largest absolute Gasteiger partial charge is 0.453 e. The van der Waals surface area contributed by atoms with Gasteiger partial charge in [0.1, 0.15) is 5.58 Å². The van der Waals surface area contributed by atoms with Gasteiger partial charge in [-0.05, 0) is 24.3 Å². The lowest BCUT2D eigenvalue weighted by Gasteiger charge is -2.08. The maximum Gasteiger partial charge on any atom is 0.205 e. The fraction of sp³-hybridized carbons (Fsp3) is 0.111. The lowest BCUT2D eigenvalue weighted by atomic mass is 10.2. The first-order valence-electron chi connectivity index (χ1n) is 7.60. The van der Waals surface area contributed by atoms with E-state index in [0.29, 0.717) is 17.3 Å². The number of aliphatic hydroxyl groups is 1. The molecule has 0 unspecified atom stereocenters. The van der Waals surface area contributed by atoms with E-state index in [1.165, 1.54) is 11.8 Å². The standard InChI is InChI=1S/C18H15N3O2S/c22-10-11-24-18-20-19-17(21(18)14-7-2-1-3-8-14)16-12-13-6-4-5-9-15(13)23-16/h1-9,12,22H,10-11H2. The summed E-state index contributed by atoms with van der Waals surface area (Å²) in [7, 11) is 0. The van der Waals surface area contributed by atoms with Gasteiger partial charge in [0.05, 0.1) is 6.61 Å². The van der Waals surface area contributed by atoms with Crippen LogP contribution < -0.4 is 0 Å². The van der Waals surface area contributed by atoms with Crippen LogP contribution in [0, 0.1) is 0 Å². The SMILES string of the molecule is OCCSc1nnc(-c2cc3ccccc3o2)n1-c1ccccc1. The third kappa shape index (κ3) is 2.70. The van der Waals surface area contributed by atoms with Crippen LogP contribution in [-0.2, 0) is 0 Å². The van der Waals surface area contributed by atoms with Crippen molar-refractivity contribution in [1.29, 1.82) is 0 Å². The molecule has 0 saturated heterocycles. The summed E-state index contributed by atoms with van der Waals surface area (Å²) < 4.78 is 7.91.